The SMILES string of the molecule is CC(C)(C)c1ccc(C(C(=O)OCC(Cl)(Cl)Cl)C2CCCCC2)cc1. The summed E-state index contributed by atoms with van der Waals surface area (Å²) in [5.41, 5.74) is 2.32. The average Bonchev–Trinajstić information content (AvgIpc) is 2.53. The number of carbonyl (C=O) groups is 1. The van der Waals surface area contributed by atoms with Crippen molar-refractivity contribution in [2.24, 2.45) is 5.92 Å². The largest absolute Gasteiger partial charge is 0.461 e. The summed E-state index contributed by atoms with van der Waals surface area (Å²) in [5.74, 6) is -0.291. The van der Waals surface area contributed by atoms with E-state index < -0.39 is 3.79 Å². The van der Waals surface area contributed by atoms with E-state index in [1.165, 1.54) is 12.0 Å². The van der Waals surface area contributed by atoms with Crippen LogP contribution in [0.2, 0.25) is 0 Å². The van der Waals surface area contributed by atoms with E-state index in [-0.39, 0.29) is 29.8 Å². The van der Waals surface area contributed by atoms with Crippen LogP contribution in [0.3, 0.4) is 0 Å². The van der Waals surface area contributed by atoms with Gasteiger partial charge >= 0.3 is 5.97 Å². The molecular weight excluding hydrogens is 379 g/mol. The number of carbonyl (C=O) groups excluding carboxylic acids is 1. The van der Waals surface area contributed by atoms with Crippen molar-refractivity contribution >= 4 is 40.8 Å². The Hall–Kier alpha value is -0.440. The smallest absolute Gasteiger partial charge is 0.313 e. The molecule has 0 N–H and O–H groups in total. The molecule has 1 aromatic carbocycles. The molecule has 1 saturated carbocycles. The van der Waals surface area contributed by atoms with Crippen molar-refractivity contribution < 1.29 is 9.53 Å². The van der Waals surface area contributed by atoms with Crippen molar-refractivity contribution in [2.45, 2.75) is 68.0 Å². The molecule has 5 heteroatoms. The Morgan fingerprint density at radius 3 is 2.12 bits per heavy atom. The third kappa shape index (κ3) is 6.34. The number of hydrogen-bond acceptors (Lipinski definition) is 2. The monoisotopic (exact) mass is 404 g/mol. The number of benzene rings is 1. The molecule has 1 aliphatic rings. The van der Waals surface area contributed by atoms with Gasteiger partial charge in [-0.1, -0.05) is 99.1 Å². The fourth-order valence-corrected chi connectivity index (χ4v) is 3.67. The Morgan fingerprint density at radius 2 is 1.64 bits per heavy atom. The number of hydrogen-bond donors (Lipinski definition) is 0. The van der Waals surface area contributed by atoms with Gasteiger partial charge in [-0.2, -0.15) is 0 Å². The summed E-state index contributed by atoms with van der Waals surface area (Å²) in [5, 5.41) is 0. The third-order valence-corrected chi connectivity index (χ3v) is 5.22. The first-order valence-electron chi connectivity index (χ1n) is 8.92. The zero-order valence-electron chi connectivity index (χ0n) is 15.2. The van der Waals surface area contributed by atoms with E-state index in [1.54, 1.807) is 0 Å². The predicted octanol–water partition coefficient (Wildman–Crippen LogP) is 6.56. The lowest BCUT2D eigenvalue weighted by Crippen LogP contribution is -2.28. The van der Waals surface area contributed by atoms with Gasteiger partial charge in [0.2, 0.25) is 3.79 Å². The molecule has 0 saturated heterocycles. The molecule has 1 atom stereocenters. The van der Waals surface area contributed by atoms with E-state index in [0.29, 0.717) is 0 Å². The lowest BCUT2D eigenvalue weighted by Gasteiger charge is -2.30. The Kier molecular flexibility index (Phi) is 7.09. The van der Waals surface area contributed by atoms with Crippen LogP contribution in [-0.4, -0.2) is 16.4 Å². The predicted molar refractivity (Wildman–Crippen MR) is 106 cm³/mol. The number of ether oxygens (including phenoxy) is 1. The highest BCUT2D eigenvalue weighted by Crippen LogP contribution is 2.38. The maximum Gasteiger partial charge on any atom is 0.313 e. The molecule has 2 rings (SSSR count). The minimum Gasteiger partial charge on any atom is -0.461 e. The number of alkyl halides is 3. The summed E-state index contributed by atoms with van der Waals surface area (Å²) in [4.78, 5) is 12.8. The van der Waals surface area contributed by atoms with Crippen LogP contribution in [0.1, 0.15) is 69.9 Å². The van der Waals surface area contributed by atoms with Crippen LogP contribution in [0.15, 0.2) is 24.3 Å². The molecule has 1 aliphatic carbocycles. The van der Waals surface area contributed by atoms with Crippen molar-refractivity contribution in [1.29, 1.82) is 0 Å². The Labute approximate surface area is 166 Å². The molecule has 0 radical (unpaired) electrons. The minimum atomic E-state index is -1.58. The quantitative estimate of drug-likeness (QED) is 0.418. The lowest BCUT2D eigenvalue weighted by atomic mass is 9.76. The van der Waals surface area contributed by atoms with Gasteiger partial charge in [-0.3, -0.25) is 4.79 Å². The standard InChI is InChI=1S/C20H27Cl3O2/c1-19(2,3)16-11-9-15(10-12-16)17(14-7-5-4-6-8-14)18(24)25-13-20(21,22)23/h9-12,14,17H,4-8,13H2,1-3H3. The van der Waals surface area contributed by atoms with E-state index in [0.717, 1.165) is 31.2 Å². The Balaban J connectivity index is 2.23. The average molecular weight is 406 g/mol. The minimum absolute atomic E-state index is 0.0782. The summed E-state index contributed by atoms with van der Waals surface area (Å²) >= 11 is 17.2. The number of rotatable bonds is 4. The molecule has 1 fully saturated rings. The number of halogens is 3. The fraction of sp³-hybridized carbons (Fsp3) is 0.650. The third-order valence-electron chi connectivity index (χ3n) is 4.89. The van der Waals surface area contributed by atoms with Gasteiger partial charge in [0.1, 0.15) is 6.61 Å². The van der Waals surface area contributed by atoms with E-state index in [4.69, 9.17) is 39.5 Å². The molecule has 0 amide bonds. The van der Waals surface area contributed by atoms with Crippen molar-refractivity contribution in [3.63, 3.8) is 0 Å². The number of esters is 1. The van der Waals surface area contributed by atoms with Crippen LogP contribution in [-0.2, 0) is 14.9 Å². The first-order chi connectivity index (χ1) is 11.6. The van der Waals surface area contributed by atoms with Gasteiger partial charge in [0.15, 0.2) is 0 Å². The van der Waals surface area contributed by atoms with Gasteiger partial charge < -0.3 is 4.74 Å². The van der Waals surface area contributed by atoms with Crippen molar-refractivity contribution in [3.8, 4) is 0 Å². The van der Waals surface area contributed by atoms with Crippen LogP contribution in [0, 0.1) is 5.92 Å². The molecular formula is C20H27Cl3O2. The first-order valence-corrected chi connectivity index (χ1v) is 10.0. The van der Waals surface area contributed by atoms with Crippen LogP contribution in [0.5, 0.6) is 0 Å². The Bertz CT molecular complexity index is 564. The Morgan fingerprint density at radius 1 is 1.08 bits per heavy atom. The zero-order valence-corrected chi connectivity index (χ0v) is 17.4. The van der Waals surface area contributed by atoms with Crippen molar-refractivity contribution in [2.75, 3.05) is 6.61 Å². The normalized spacial score (nSPS) is 18.0. The summed E-state index contributed by atoms with van der Waals surface area (Å²) in [6.07, 6.45) is 5.61. The topological polar surface area (TPSA) is 26.3 Å². The van der Waals surface area contributed by atoms with Crippen LogP contribution >= 0.6 is 34.8 Å². The first kappa shape index (κ1) is 20.9. The molecule has 25 heavy (non-hydrogen) atoms. The summed E-state index contributed by atoms with van der Waals surface area (Å²) < 4.78 is 3.76. The highest BCUT2D eigenvalue weighted by atomic mass is 35.6. The van der Waals surface area contributed by atoms with Gasteiger partial charge in [-0.05, 0) is 35.3 Å². The molecule has 1 unspecified atom stereocenters. The van der Waals surface area contributed by atoms with E-state index in [2.05, 4.69) is 45.0 Å². The van der Waals surface area contributed by atoms with Crippen LogP contribution in [0.25, 0.3) is 0 Å². The second-order valence-electron chi connectivity index (χ2n) is 7.97. The van der Waals surface area contributed by atoms with Crippen molar-refractivity contribution in [1.82, 2.24) is 0 Å². The molecule has 0 bridgehead atoms. The summed E-state index contributed by atoms with van der Waals surface area (Å²) in [7, 11) is 0. The second kappa shape index (κ2) is 8.50. The maximum absolute atomic E-state index is 12.8. The van der Waals surface area contributed by atoms with Gasteiger partial charge in [-0.25, -0.2) is 0 Å². The molecule has 0 heterocycles. The highest BCUT2D eigenvalue weighted by molar-refractivity contribution is 6.67. The van der Waals surface area contributed by atoms with Crippen LogP contribution < -0.4 is 0 Å². The molecule has 140 valence electrons. The lowest BCUT2D eigenvalue weighted by molar-refractivity contribution is -0.147. The van der Waals surface area contributed by atoms with Gasteiger partial charge in [-0.15, -0.1) is 0 Å². The van der Waals surface area contributed by atoms with Gasteiger partial charge in [0.05, 0.1) is 5.92 Å². The van der Waals surface area contributed by atoms with E-state index in [1.807, 2.05) is 0 Å². The summed E-state index contributed by atoms with van der Waals surface area (Å²) in [6, 6.07) is 8.31. The van der Waals surface area contributed by atoms with Gasteiger partial charge in [0.25, 0.3) is 0 Å². The molecule has 1 aromatic rings. The molecule has 2 nitrogen and oxygen atoms in total. The summed E-state index contributed by atoms with van der Waals surface area (Å²) in [6.45, 7) is 6.31. The van der Waals surface area contributed by atoms with E-state index >= 15 is 0 Å². The molecule has 0 aliphatic heterocycles. The second-order valence-corrected chi connectivity index (χ2v) is 10.5. The zero-order chi connectivity index (χ0) is 18.7. The van der Waals surface area contributed by atoms with E-state index in [9.17, 15) is 4.79 Å². The van der Waals surface area contributed by atoms with Crippen LogP contribution in [0.4, 0.5) is 0 Å². The fourth-order valence-electron chi connectivity index (χ4n) is 3.50. The van der Waals surface area contributed by atoms with Gasteiger partial charge in [0, 0.05) is 0 Å². The van der Waals surface area contributed by atoms with Crippen molar-refractivity contribution in [3.05, 3.63) is 35.4 Å². The molecule has 0 spiro atoms. The molecule has 0 aromatic heterocycles. The maximum atomic E-state index is 12.8. The highest BCUT2D eigenvalue weighted by Gasteiger charge is 2.34.